The van der Waals surface area contributed by atoms with Crippen LogP contribution in [0, 0.1) is 0 Å². The molecule has 4 rings (SSSR count). The molecule has 0 aliphatic carbocycles. The molecule has 0 N–H and O–H groups in total. The Morgan fingerprint density at radius 1 is 1.13 bits per heavy atom. The van der Waals surface area contributed by atoms with Gasteiger partial charge in [-0.05, 0) is 44.0 Å². The van der Waals surface area contributed by atoms with Crippen molar-refractivity contribution in [3.8, 4) is 0 Å². The number of nitrogens with zero attached hydrogens (tertiary/aromatic N) is 2. The monoisotopic (exact) mass is 414 g/mol. The molecule has 158 valence electrons. The summed E-state index contributed by atoms with van der Waals surface area (Å²) in [4.78, 5) is 32.1. The number of carbonyl (C=O) groups excluding carboxylic acids is 2. The van der Waals surface area contributed by atoms with Gasteiger partial charge in [-0.3, -0.25) is 14.6 Å². The number of hydrogen-bond acceptors (Lipinski definition) is 4. The Morgan fingerprint density at radius 2 is 1.84 bits per heavy atom. The van der Waals surface area contributed by atoms with Crippen molar-refractivity contribution in [1.29, 1.82) is 0 Å². The molecule has 31 heavy (non-hydrogen) atoms. The summed E-state index contributed by atoms with van der Waals surface area (Å²) in [6.45, 7) is 5.98. The molecule has 0 bridgehead atoms. The molecule has 0 spiro atoms. The fourth-order valence-electron chi connectivity index (χ4n) is 3.92. The minimum absolute atomic E-state index is 0.0952. The van der Waals surface area contributed by atoms with Crippen LogP contribution in [-0.4, -0.2) is 27.2 Å². The summed E-state index contributed by atoms with van der Waals surface area (Å²) in [5.41, 5.74) is 2.12. The molecule has 2 aromatic carbocycles. The van der Waals surface area contributed by atoms with E-state index in [4.69, 9.17) is 4.74 Å². The van der Waals surface area contributed by atoms with Crippen LogP contribution in [0.15, 0.2) is 78.7 Å². The number of ketones is 1. The first-order valence-corrected chi connectivity index (χ1v) is 10.5. The van der Waals surface area contributed by atoms with Crippen molar-refractivity contribution in [2.45, 2.75) is 45.4 Å². The van der Waals surface area contributed by atoms with Crippen molar-refractivity contribution in [1.82, 2.24) is 9.88 Å². The normalized spacial score (nSPS) is 16.4. The summed E-state index contributed by atoms with van der Waals surface area (Å²) < 4.78 is 5.91. The average Bonchev–Trinajstić information content (AvgIpc) is 2.75. The van der Waals surface area contributed by atoms with E-state index in [-0.39, 0.29) is 29.9 Å². The maximum atomic E-state index is 13.6. The number of para-hydroxylation sites is 1. The summed E-state index contributed by atoms with van der Waals surface area (Å²) in [6, 6.07) is 19.6. The number of carbonyl (C=O) groups is 2. The summed E-state index contributed by atoms with van der Waals surface area (Å²) >= 11 is 0. The third-order valence-corrected chi connectivity index (χ3v) is 5.50. The van der Waals surface area contributed by atoms with Gasteiger partial charge >= 0.3 is 0 Å². The highest BCUT2D eigenvalue weighted by Gasteiger charge is 2.35. The van der Waals surface area contributed by atoms with Gasteiger partial charge in [0.15, 0.2) is 11.5 Å². The van der Waals surface area contributed by atoms with Crippen molar-refractivity contribution in [2.24, 2.45) is 0 Å². The highest BCUT2D eigenvalue weighted by molar-refractivity contribution is 6.02. The van der Waals surface area contributed by atoms with Crippen molar-refractivity contribution >= 4 is 22.6 Å². The molecule has 5 heteroatoms. The first-order chi connectivity index (χ1) is 14.8. The third-order valence-electron chi connectivity index (χ3n) is 5.50. The number of fused-ring (bicyclic) bond motifs is 1. The molecule has 1 aliphatic rings. The summed E-state index contributed by atoms with van der Waals surface area (Å²) in [5.74, 6) is -0.303. The molecule has 1 aromatic heterocycles. The van der Waals surface area contributed by atoms with Gasteiger partial charge in [0, 0.05) is 30.6 Å². The SMILES string of the molecule is C[C@@H](c1ccccc1)N(Cc1cnc2ccccc2c1)C(=O)C1=CC(=O)CC(C)(C)O1. The lowest BCUT2D eigenvalue weighted by Gasteiger charge is -2.35. The quantitative estimate of drug-likeness (QED) is 0.591. The molecular formula is C26H26N2O3. The van der Waals surface area contributed by atoms with E-state index in [0.717, 1.165) is 22.0 Å². The molecular weight excluding hydrogens is 388 g/mol. The number of aromatic nitrogens is 1. The van der Waals surface area contributed by atoms with Gasteiger partial charge in [0.2, 0.25) is 0 Å². The molecule has 0 radical (unpaired) electrons. The van der Waals surface area contributed by atoms with Gasteiger partial charge in [0.25, 0.3) is 5.91 Å². The van der Waals surface area contributed by atoms with Crippen LogP contribution in [-0.2, 0) is 20.9 Å². The highest BCUT2D eigenvalue weighted by atomic mass is 16.5. The predicted octanol–water partition coefficient (Wildman–Crippen LogP) is 4.98. The van der Waals surface area contributed by atoms with Crippen molar-refractivity contribution in [3.63, 3.8) is 0 Å². The Bertz CT molecular complexity index is 1150. The van der Waals surface area contributed by atoms with E-state index < -0.39 is 5.60 Å². The second kappa shape index (κ2) is 8.34. The van der Waals surface area contributed by atoms with Crippen LogP contribution in [0.1, 0.15) is 44.4 Å². The van der Waals surface area contributed by atoms with Crippen LogP contribution in [0.3, 0.4) is 0 Å². The molecule has 1 atom stereocenters. The Labute approximate surface area is 182 Å². The fraction of sp³-hybridized carbons (Fsp3) is 0.269. The topological polar surface area (TPSA) is 59.5 Å². The number of rotatable bonds is 5. The molecule has 0 unspecified atom stereocenters. The molecule has 1 aliphatic heterocycles. The van der Waals surface area contributed by atoms with Gasteiger partial charge in [-0.2, -0.15) is 0 Å². The number of pyridine rings is 1. The number of allylic oxidation sites excluding steroid dienone is 1. The second-order valence-electron chi connectivity index (χ2n) is 8.57. The van der Waals surface area contributed by atoms with Gasteiger partial charge in [-0.15, -0.1) is 0 Å². The van der Waals surface area contributed by atoms with Crippen LogP contribution in [0.25, 0.3) is 10.9 Å². The largest absolute Gasteiger partial charge is 0.481 e. The van der Waals surface area contributed by atoms with Crippen LogP contribution in [0.5, 0.6) is 0 Å². The number of ether oxygens (including phenoxy) is 1. The standard InChI is InChI=1S/C26H26N2O3/c1-18(20-9-5-4-6-10-20)28(25(30)24-14-22(29)15-26(2,3)31-24)17-19-13-21-11-7-8-12-23(21)27-16-19/h4-14,16,18H,15,17H2,1-3H3/t18-/m0/s1. The average molecular weight is 415 g/mol. The smallest absolute Gasteiger partial charge is 0.289 e. The molecule has 0 fully saturated rings. The van der Waals surface area contributed by atoms with Gasteiger partial charge in [-0.1, -0.05) is 48.5 Å². The van der Waals surface area contributed by atoms with E-state index in [9.17, 15) is 9.59 Å². The molecule has 5 nitrogen and oxygen atoms in total. The van der Waals surface area contributed by atoms with Crippen LogP contribution < -0.4 is 0 Å². The zero-order chi connectivity index (χ0) is 22.0. The zero-order valence-corrected chi connectivity index (χ0v) is 18.0. The molecule has 2 heterocycles. The maximum absolute atomic E-state index is 13.6. The maximum Gasteiger partial charge on any atom is 0.289 e. The lowest BCUT2D eigenvalue weighted by Crippen LogP contribution is -2.40. The molecule has 0 saturated carbocycles. The lowest BCUT2D eigenvalue weighted by molar-refractivity contribution is -0.140. The van der Waals surface area contributed by atoms with Crippen LogP contribution in [0.4, 0.5) is 0 Å². The van der Waals surface area contributed by atoms with E-state index in [1.807, 2.05) is 81.4 Å². The Hall–Kier alpha value is -3.47. The van der Waals surface area contributed by atoms with E-state index >= 15 is 0 Å². The zero-order valence-electron chi connectivity index (χ0n) is 18.0. The number of hydrogen-bond donors (Lipinski definition) is 0. The Morgan fingerprint density at radius 3 is 2.58 bits per heavy atom. The van der Waals surface area contributed by atoms with Gasteiger partial charge in [0.1, 0.15) is 5.60 Å². The van der Waals surface area contributed by atoms with Crippen LogP contribution in [0.2, 0.25) is 0 Å². The van der Waals surface area contributed by atoms with Crippen molar-refractivity contribution < 1.29 is 14.3 Å². The van der Waals surface area contributed by atoms with Gasteiger partial charge in [-0.25, -0.2) is 0 Å². The molecule has 0 saturated heterocycles. The van der Waals surface area contributed by atoms with E-state index in [2.05, 4.69) is 4.98 Å². The van der Waals surface area contributed by atoms with Crippen LogP contribution >= 0.6 is 0 Å². The fourth-order valence-corrected chi connectivity index (χ4v) is 3.92. The number of amides is 1. The first-order valence-electron chi connectivity index (χ1n) is 10.5. The first kappa shape index (κ1) is 20.8. The van der Waals surface area contributed by atoms with Gasteiger partial charge in [0.05, 0.1) is 11.6 Å². The summed E-state index contributed by atoms with van der Waals surface area (Å²) in [5, 5.41) is 1.02. The van der Waals surface area contributed by atoms with Gasteiger partial charge < -0.3 is 9.64 Å². The van der Waals surface area contributed by atoms with Crippen molar-refractivity contribution in [3.05, 3.63) is 89.8 Å². The van der Waals surface area contributed by atoms with Crippen molar-refractivity contribution in [2.75, 3.05) is 0 Å². The summed E-state index contributed by atoms with van der Waals surface area (Å²) in [7, 11) is 0. The Balaban J connectivity index is 1.70. The van der Waals surface area contributed by atoms with E-state index in [1.165, 1.54) is 6.08 Å². The minimum Gasteiger partial charge on any atom is -0.481 e. The lowest BCUT2D eigenvalue weighted by atomic mass is 9.98. The highest BCUT2D eigenvalue weighted by Crippen LogP contribution is 2.30. The van der Waals surface area contributed by atoms with E-state index in [0.29, 0.717) is 6.54 Å². The van der Waals surface area contributed by atoms with E-state index in [1.54, 1.807) is 11.1 Å². The Kier molecular flexibility index (Phi) is 5.59. The minimum atomic E-state index is -0.705. The molecule has 1 amide bonds. The predicted molar refractivity (Wildman–Crippen MR) is 120 cm³/mol. The molecule has 3 aromatic rings. The summed E-state index contributed by atoms with van der Waals surface area (Å²) in [6.07, 6.45) is 3.38. The third kappa shape index (κ3) is 4.66. The number of benzene rings is 2. The second-order valence-corrected chi connectivity index (χ2v) is 8.57.